The molecule has 0 unspecified atom stereocenters. The Hall–Kier alpha value is -2.15. The second-order valence-corrected chi connectivity index (χ2v) is 4.71. The van der Waals surface area contributed by atoms with Gasteiger partial charge in [-0.3, -0.25) is 0 Å². The quantitative estimate of drug-likeness (QED) is 0.602. The number of rotatable bonds is 1. The van der Waals surface area contributed by atoms with Gasteiger partial charge in [0.25, 0.3) is 0 Å². The zero-order valence-electron chi connectivity index (χ0n) is 10.6. The molecule has 18 heavy (non-hydrogen) atoms. The van der Waals surface area contributed by atoms with Crippen LogP contribution < -0.4 is 0 Å². The summed E-state index contributed by atoms with van der Waals surface area (Å²) in [6.07, 6.45) is 0. The van der Waals surface area contributed by atoms with Gasteiger partial charge in [-0.25, -0.2) is 4.98 Å². The van der Waals surface area contributed by atoms with Crippen molar-refractivity contribution < 1.29 is 0 Å². The average Bonchev–Trinajstić information content (AvgIpc) is 2.38. The largest absolute Gasteiger partial charge is 0.248 e. The van der Waals surface area contributed by atoms with Crippen molar-refractivity contribution in [2.75, 3.05) is 0 Å². The van der Waals surface area contributed by atoms with Crippen LogP contribution in [0.3, 0.4) is 0 Å². The van der Waals surface area contributed by atoms with Crippen molar-refractivity contribution in [1.29, 1.82) is 0 Å². The standard InChI is InChI=1S/C17H15N/c1-12-7-8-14-9-10-16(18-17(14)11-12)15-6-4-3-5-13(15)2/h3-11H,1-2H3. The zero-order valence-corrected chi connectivity index (χ0v) is 10.6. The maximum atomic E-state index is 4.77. The van der Waals surface area contributed by atoms with Gasteiger partial charge in [0.15, 0.2) is 0 Å². The van der Waals surface area contributed by atoms with E-state index in [4.69, 9.17) is 4.98 Å². The highest BCUT2D eigenvalue weighted by Gasteiger charge is 2.03. The van der Waals surface area contributed by atoms with E-state index in [0.717, 1.165) is 11.2 Å². The molecule has 1 nitrogen and oxygen atoms in total. The van der Waals surface area contributed by atoms with Gasteiger partial charge in [-0.05, 0) is 37.1 Å². The summed E-state index contributed by atoms with van der Waals surface area (Å²) in [7, 11) is 0. The number of aromatic nitrogens is 1. The highest BCUT2D eigenvalue weighted by atomic mass is 14.7. The fourth-order valence-electron chi connectivity index (χ4n) is 2.24. The summed E-state index contributed by atoms with van der Waals surface area (Å²) in [4.78, 5) is 4.77. The van der Waals surface area contributed by atoms with E-state index in [1.165, 1.54) is 22.1 Å². The fourth-order valence-corrected chi connectivity index (χ4v) is 2.24. The lowest BCUT2D eigenvalue weighted by Gasteiger charge is -2.06. The van der Waals surface area contributed by atoms with Gasteiger partial charge in [0.2, 0.25) is 0 Å². The summed E-state index contributed by atoms with van der Waals surface area (Å²) in [6, 6.07) is 19.0. The minimum absolute atomic E-state index is 1.05. The van der Waals surface area contributed by atoms with E-state index < -0.39 is 0 Å². The van der Waals surface area contributed by atoms with Crippen molar-refractivity contribution in [2.45, 2.75) is 13.8 Å². The van der Waals surface area contributed by atoms with Crippen molar-refractivity contribution >= 4 is 10.9 Å². The van der Waals surface area contributed by atoms with E-state index in [1.807, 2.05) is 0 Å². The van der Waals surface area contributed by atoms with Gasteiger partial charge in [0.1, 0.15) is 0 Å². The third-order valence-electron chi connectivity index (χ3n) is 3.27. The Balaban J connectivity index is 2.22. The van der Waals surface area contributed by atoms with Crippen LogP contribution in [0.15, 0.2) is 54.6 Å². The minimum Gasteiger partial charge on any atom is -0.248 e. The number of aryl methyl sites for hydroxylation is 2. The third kappa shape index (κ3) is 1.88. The highest BCUT2D eigenvalue weighted by molar-refractivity contribution is 5.82. The van der Waals surface area contributed by atoms with Crippen LogP contribution in [0.4, 0.5) is 0 Å². The molecule has 1 heteroatoms. The zero-order chi connectivity index (χ0) is 12.5. The first-order chi connectivity index (χ1) is 8.74. The molecule has 0 aliphatic carbocycles. The summed E-state index contributed by atoms with van der Waals surface area (Å²) < 4.78 is 0. The Morgan fingerprint density at radius 2 is 1.61 bits per heavy atom. The maximum absolute atomic E-state index is 4.77. The average molecular weight is 233 g/mol. The first-order valence-corrected chi connectivity index (χ1v) is 6.17. The summed E-state index contributed by atoms with van der Waals surface area (Å²) in [5, 5.41) is 1.19. The first kappa shape index (κ1) is 11.0. The number of fused-ring (bicyclic) bond motifs is 1. The maximum Gasteiger partial charge on any atom is 0.0712 e. The molecule has 88 valence electrons. The minimum atomic E-state index is 1.05. The molecule has 0 fully saturated rings. The van der Waals surface area contributed by atoms with E-state index in [9.17, 15) is 0 Å². The lowest BCUT2D eigenvalue weighted by Crippen LogP contribution is -1.88. The normalized spacial score (nSPS) is 10.8. The molecule has 0 saturated carbocycles. The Kier molecular flexibility index (Phi) is 2.60. The molecule has 1 aromatic heterocycles. The van der Waals surface area contributed by atoms with Crippen molar-refractivity contribution in [1.82, 2.24) is 4.98 Å². The summed E-state index contributed by atoms with van der Waals surface area (Å²) in [5.74, 6) is 0. The highest BCUT2D eigenvalue weighted by Crippen LogP contribution is 2.24. The predicted molar refractivity (Wildman–Crippen MR) is 76.7 cm³/mol. The van der Waals surface area contributed by atoms with Gasteiger partial charge in [0, 0.05) is 10.9 Å². The molecular formula is C17H15N. The number of nitrogens with zero attached hydrogens (tertiary/aromatic N) is 1. The van der Waals surface area contributed by atoms with Crippen LogP contribution in [-0.4, -0.2) is 4.98 Å². The number of hydrogen-bond donors (Lipinski definition) is 0. The van der Waals surface area contributed by atoms with Gasteiger partial charge >= 0.3 is 0 Å². The Morgan fingerprint density at radius 3 is 2.44 bits per heavy atom. The molecule has 3 rings (SSSR count). The molecule has 1 heterocycles. The first-order valence-electron chi connectivity index (χ1n) is 6.17. The Bertz CT molecular complexity index is 714. The summed E-state index contributed by atoms with van der Waals surface area (Å²) in [6.45, 7) is 4.22. The number of hydrogen-bond acceptors (Lipinski definition) is 1. The van der Waals surface area contributed by atoms with Gasteiger partial charge < -0.3 is 0 Å². The third-order valence-corrected chi connectivity index (χ3v) is 3.27. The second-order valence-electron chi connectivity index (χ2n) is 4.71. The Labute approximate surface area is 107 Å². The molecule has 0 aliphatic heterocycles. The van der Waals surface area contributed by atoms with Crippen LogP contribution in [0.5, 0.6) is 0 Å². The fraction of sp³-hybridized carbons (Fsp3) is 0.118. The van der Waals surface area contributed by atoms with Gasteiger partial charge in [-0.2, -0.15) is 0 Å². The van der Waals surface area contributed by atoms with Crippen molar-refractivity contribution in [3.8, 4) is 11.3 Å². The SMILES string of the molecule is Cc1ccc2ccc(-c3ccccc3C)nc2c1. The second kappa shape index (κ2) is 4.26. The lowest BCUT2D eigenvalue weighted by atomic mass is 10.0. The molecule has 0 amide bonds. The van der Waals surface area contributed by atoms with E-state index in [2.05, 4.69) is 68.4 Å². The smallest absolute Gasteiger partial charge is 0.0712 e. The molecule has 0 N–H and O–H groups in total. The molecule has 2 aromatic carbocycles. The monoisotopic (exact) mass is 233 g/mol. The van der Waals surface area contributed by atoms with Crippen LogP contribution in [0.2, 0.25) is 0 Å². The van der Waals surface area contributed by atoms with Crippen molar-refractivity contribution in [2.24, 2.45) is 0 Å². The van der Waals surface area contributed by atoms with E-state index in [-0.39, 0.29) is 0 Å². The molecule has 0 radical (unpaired) electrons. The van der Waals surface area contributed by atoms with Gasteiger partial charge in [-0.15, -0.1) is 0 Å². The van der Waals surface area contributed by atoms with Crippen LogP contribution in [-0.2, 0) is 0 Å². The molecule has 0 spiro atoms. The molecular weight excluding hydrogens is 218 g/mol. The van der Waals surface area contributed by atoms with Crippen LogP contribution >= 0.6 is 0 Å². The summed E-state index contributed by atoms with van der Waals surface area (Å²) >= 11 is 0. The molecule has 0 saturated heterocycles. The van der Waals surface area contributed by atoms with Crippen LogP contribution in [0.25, 0.3) is 22.2 Å². The van der Waals surface area contributed by atoms with E-state index in [1.54, 1.807) is 0 Å². The lowest BCUT2D eigenvalue weighted by molar-refractivity contribution is 1.35. The number of benzene rings is 2. The molecule has 0 atom stereocenters. The topological polar surface area (TPSA) is 12.9 Å². The molecule has 0 bridgehead atoms. The van der Waals surface area contributed by atoms with Crippen molar-refractivity contribution in [3.05, 3.63) is 65.7 Å². The van der Waals surface area contributed by atoms with Gasteiger partial charge in [0.05, 0.1) is 11.2 Å². The van der Waals surface area contributed by atoms with Gasteiger partial charge in [-0.1, -0.05) is 42.5 Å². The summed E-state index contributed by atoms with van der Waals surface area (Å²) in [5.41, 5.74) is 5.83. The van der Waals surface area contributed by atoms with E-state index in [0.29, 0.717) is 0 Å². The van der Waals surface area contributed by atoms with Crippen molar-refractivity contribution in [3.63, 3.8) is 0 Å². The molecule has 0 aliphatic rings. The number of pyridine rings is 1. The molecule has 3 aromatic rings. The predicted octanol–water partition coefficient (Wildman–Crippen LogP) is 4.52. The Morgan fingerprint density at radius 1 is 0.833 bits per heavy atom. The van der Waals surface area contributed by atoms with E-state index >= 15 is 0 Å². The van der Waals surface area contributed by atoms with Crippen LogP contribution in [0, 0.1) is 13.8 Å². The van der Waals surface area contributed by atoms with Crippen LogP contribution in [0.1, 0.15) is 11.1 Å².